The Morgan fingerprint density at radius 2 is 1.91 bits per heavy atom. The van der Waals surface area contributed by atoms with E-state index in [0.29, 0.717) is 12.1 Å². The second-order valence-electron chi connectivity index (χ2n) is 5.00. The maximum Gasteiger partial charge on any atom is 0.251 e. The molecule has 116 valence electrons. The van der Waals surface area contributed by atoms with Gasteiger partial charge in [-0.3, -0.25) is 4.79 Å². The first-order valence-corrected chi connectivity index (χ1v) is 8.36. The molecule has 5 heteroatoms. The Bertz CT molecular complexity index is 629. The van der Waals surface area contributed by atoms with Gasteiger partial charge < -0.3 is 10.2 Å². The number of anilines is 1. The fourth-order valence-electron chi connectivity index (χ4n) is 1.89. The monoisotopic (exact) mass is 334 g/mol. The van der Waals surface area contributed by atoms with Crippen LogP contribution in [0.25, 0.3) is 0 Å². The van der Waals surface area contributed by atoms with E-state index in [9.17, 15) is 4.79 Å². The molecule has 22 heavy (non-hydrogen) atoms. The number of halogens is 1. The molecule has 2 aromatic rings. The summed E-state index contributed by atoms with van der Waals surface area (Å²) in [6.07, 6.45) is 0. The van der Waals surface area contributed by atoms with Crippen LogP contribution in [-0.2, 0) is 0 Å². The first kappa shape index (κ1) is 16.7. The minimum absolute atomic E-state index is 0.0413. The minimum atomic E-state index is -0.0413. The first-order valence-electron chi connectivity index (χ1n) is 7.00. The Morgan fingerprint density at radius 3 is 2.59 bits per heavy atom. The lowest BCUT2D eigenvalue weighted by molar-refractivity contribution is 0.0956. The van der Waals surface area contributed by atoms with Gasteiger partial charge in [-0.1, -0.05) is 17.7 Å². The number of carbonyl (C=O) groups is 1. The molecule has 0 aromatic heterocycles. The van der Waals surface area contributed by atoms with Crippen LogP contribution < -0.4 is 10.2 Å². The highest BCUT2D eigenvalue weighted by Crippen LogP contribution is 2.19. The van der Waals surface area contributed by atoms with Crippen molar-refractivity contribution in [3.05, 3.63) is 59.1 Å². The molecule has 1 amide bonds. The average molecular weight is 335 g/mol. The van der Waals surface area contributed by atoms with Crippen LogP contribution in [0.1, 0.15) is 10.4 Å². The molecule has 1 N–H and O–H groups in total. The SMILES string of the molecule is CN(C)c1cccc(C(=O)NCCSc2ccc(Cl)cc2)c1. The van der Waals surface area contributed by atoms with Crippen molar-refractivity contribution >= 4 is 35.0 Å². The normalized spacial score (nSPS) is 10.3. The maximum absolute atomic E-state index is 12.1. The quantitative estimate of drug-likeness (QED) is 0.641. The topological polar surface area (TPSA) is 32.3 Å². The van der Waals surface area contributed by atoms with E-state index in [1.54, 1.807) is 11.8 Å². The predicted molar refractivity (Wildman–Crippen MR) is 95.3 cm³/mol. The third-order valence-corrected chi connectivity index (χ3v) is 4.36. The zero-order valence-corrected chi connectivity index (χ0v) is 14.2. The van der Waals surface area contributed by atoms with E-state index in [1.165, 1.54) is 0 Å². The first-order chi connectivity index (χ1) is 10.6. The van der Waals surface area contributed by atoms with Gasteiger partial charge in [-0.05, 0) is 42.5 Å². The van der Waals surface area contributed by atoms with Crippen LogP contribution in [-0.4, -0.2) is 32.3 Å². The van der Waals surface area contributed by atoms with Gasteiger partial charge in [0.25, 0.3) is 5.91 Å². The van der Waals surface area contributed by atoms with Crippen LogP contribution in [0.5, 0.6) is 0 Å². The molecule has 3 nitrogen and oxygen atoms in total. The lowest BCUT2D eigenvalue weighted by atomic mass is 10.2. The third kappa shape index (κ3) is 4.97. The number of thioether (sulfide) groups is 1. The van der Waals surface area contributed by atoms with Gasteiger partial charge in [-0.15, -0.1) is 11.8 Å². The van der Waals surface area contributed by atoms with Crippen molar-refractivity contribution in [3.63, 3.8) is 0 Å². The molecular formula is C17H19ClN2OS. The number of benzene rings is 2. The maximum atomic E-state index is 12.1. The number of hydrogen-bond acceptors (Lipinski definition) is 3. The number of nitrogens with one attached hydrogen (secondary N) is 1. The molecule has 0 unspecified atom stereocenters. The van der Waals surface area contributed by atoms with Crippen LogP contribution in [0.15, 0.2) is 53.4 Å². The summed E-state index contributed by atoms with van der Waals surface area (Å²) < 4.78 is 0. The number of rotatable bonds is 6. The Labute approximate surface area is 140 Å². The predicted octanol–water partition coefficient (Wildman–Crippen LogP) is 3.93. The highest BCUT2D eigenvalue weighted by atomic mass is 35.5. The molecule has 0 saturated heterocycles. The van der Waals surface area contributed by atoms with E-state index >= 15 is 0 Å². The van der Waals surface area contributed by atoms with Gasteiger partial charge in [-0.25, -0.2) is 0 Å². The smallest absolute Gasteiger partial charge is 0.251 e. The van der Waals surface area contributed by atoms with Crippen molar-refractivity contribution in [3.8, 4) is 0 Å². The molecule has 0 bridgehead atoms. The summed E-state index contributed by atoms with van der Waals surface area (Å²) in [6, 6.07) is 15.3. The van der Waals surface area contributed by atoms with Crippen molar-refractivity contribution < 1.29 is 4.79 Å². The van der Waals surface area contributed by atoms with Crippen LogP contribution in [0, 0.1) is 0 Å². The molecule has 2 aromatic carbocycles. The van der Waals surface area contributed by atoms with E-state index in [-0.39, 0.29) is 5.91 Å². The van der Waals surface area contributed by atoms with Crippen molar-refractivity contribution in [1.82, 2.24) is 5.32 Å². The van der Waals surface area contributed by atoms with Gasteiger partial charge >= 0.3 is 0 Å². The number of nitrogens with zero attached hydrogens (tertiary/aromatic N) is 1. The van der Waals surface area contributed by atoms with E-state index in [0.717, 1.165) is 21.4 Å². The van der Waals surface area contributed by atoms with Crippen LogP contribution in [0.4, 0.5) is 5.69 Å². The Morgan fingerprint density at radius 1 is 1.18 bits per heavy atom. The highest BCUT2D eigenvalue weighted by molar-refractivity contribution is 7.99. The zero-order valence-electron chi connectivity index (χ0n) is 12.7. The number of hydrogen-bond donors (Lipinski definition) is 1. The zero-order chi connectivity index (χ0) is 15.9. The van der Waals surface area contributed by atoms with Crippen LogP contribution in [0.3, 0.4) is 0 Å². The summed E-state index contributed by atoms with van der Waals surface area (Å²) >= 11 is 7.54. The van der Waals surface area contributed by atoms with E-state index in [1.807, 2.05) is 67.5 Å². The number of carbonyl (C=O) groups excluding carboxylic acids is 1. The Hall–Kier alpha value is -1.65. The van der Waals surface area contributed by atoms with E-state index in [2.05, 4.69) is 5.32 Å². The molecule has 0 saturated carbocycles. The Kier molecular flexibility index (Phi) is 6.16. The van der Waals surface area contributed by atoms with Crippen molar-refractivity contribution in [2.24, 2.45) is 0 Å². The van der Waals surface area contributed by atoms with Gasteiger partial charge in [0.05, 0.1) is 0 Å². The van der Waals surface area contributed by atoms with E-state index in [4.69, 9.17) is 11.6 Å². The van der Waals surface area contributed by atoms with Gasteiger partial charge in [-0.2, -0.15) is 0 Å². The summed E-state index contributed by atoms with van der Waals surface area (Å²) in [7, 11) is 3.92. The van der Waals surface area contributed by atoms with Gasteiger partial charge in [0.15, 0.2) is 0 Å². The fourth-order valence-corrected chi connectivity index (χ4v) is 2.79. The van der Waals surface area contributed by atoms with Crippen molar-refractivity contribution in [1.29, 1.82) is 0 Å². The second-order valence-corrected chi connectivity index (χ2v) is 6.61. The largest absolute Gasteiger partial charge is 0.378 e. The minimum Gasteiger partial charge on any atom is -0.378 e. The molecule has 0 aliphatic carbocycles. The molecule has 0 spiro atoms. The lowest BCUT2D eigenvalue weighted by Gasteiger charge is -2.13. The van der Waals surface area contributed by atoms with Gasteiger partial charge in [0, 0.05) is 47.6 Å². The summed E-state index contributed by atoms with van der Waals surface area (Å²) in [5, 5.41) is 3.68. The molecule has 0 atom stereocenters. The lowest BCUT2D eigenvalue weighted by Crippen LogP contribution is -2.26. The van der Waals surface area contributed by atoms with Crippen molar-refractivity contribution in [2.75, 3.05) is 31.3 Å². The third-order valence-electron chi connectivity index (χ3n) is 3.09. The molecule has 0 aliphatic heterocycles. The Balaban J connectivity index is 1.80. The molecular weight excluding hydrogens is 316 g/mol. The summed E-state index contributed by atoms with van der Waals surface area (Å²) in [5.41, 5.74) is 1.70. The molecule has 0 heterocycles. The standard InChI is InChI=1S/C17H19ClN2OS/c1-20(2)15-5-3-4-13(12-15)17(21)19-10-11-22-16-8-6-14(18)7-9-16/h3-9,12H,10-11H2,1-2H3,(H,19,21). The second kappa shape index (κ2) is 8.11. The molecule has 2 rings (SSSR count). The summed E-state index contributed by atoms with van der Waals surface area (Å²) in [5.74, 6) is 0.779. The average Bonchev–Trinajstić information content (AvgIpc) is 2.53. The summed E-state index contributed by atoms with van der Waals surface area (Å²) in [6.45, 7) is 0.623. The van der Waals surface area contributed by atoms with Gasteiger partial charge in [0.1, 0.15) is 0 Å². The highest BCUT2D eigenvalue weighted by Gasteiger charge is 2.06. The molecule has 0 radical (unpaired) electrons. The molecule has 0 fully saturated rings. The van der Waals surface area contributed by atoms with Gasteiger partial charge in [0.2, 0.25) is 0 Å². The van der Waals surface area contributed by atoms with Crippen LogP contribution in [0.2, 0.25) is 5.02 Å². The summed E-state index contributed by atoms with van der Waals surface area (Å²) in [4.78, 5) is 15.2. The fraction of sp³-hybridized carbons (Fsp3) is 0.235. The van der Waals surface area contributed by atoms with Crippen LogP contribution >= 0.6 is 23.4 Å². The van der Waals surface area contributed by atoms with Crippen molar-refractivity contribution in [2.45, 2.75) is 4.90 Å². The van der Waals surface area contributed by atoms with E-state index < -0.39 is 0 Å². The molecule has 0 aliphatic rings. The number of amides is 1.